The standard InChI is InChI=1S/C21H24N4O2/c1-3-5-20(16-6-8-19(9-7-16)27-12-4-2)25-21(26)17(14-22)13-18-15-23-10-11-24-18/h6-11,13,15,20H,3-5,12H2,1-2H3,(H,25,26)/b17-13+. The van der Waals surface area contributed by atoms with Gasteiger partial charge in [0.1, 0.15) is 17.4 Å². The summed E-state index contributed by atoms with van der Waals surface area (Å²) in [5.74, 6) is 0.385. The number of carbonyl (C=O) groups excluding carboxylic acids is 1. The molecule has 0 saturated heterocycles. The zero-order valence-corrected chi connectivity index (χ0v) is 15.7. The minimum absolute atomic E-state index is 0.000461. The van der Waals surface area contributed by atoms with Gasteiger partial charge in [-0.15, -0.1) is 0 Å². The Labute approximate surface area is 159 Å². The maximum absolute atomic E-state index is 12.6. The minimum Gasteiger partial charge on any atom is -0.494 e. The highest BCUT2D eigenvalue weighted by Crippen LogP contribution is 2.22. The van der Waals surface area contributed by atoms with E-state index in [9.17, 15) is 10.1 Å². The number of ether oxygens (including phenoxy) is 1. The summed E-state index contributed by atoms with van der Waals surface area (Å²) in [6.07, 6.45) is 8.61. The molecule has 1 aromatic carbocycles. The van der Waals surface area contributed by atoms with Crippen LogP contribution in [0, 0.1) is 11.3 Å². The van der Waals surface area contributed by atoms with Crippen LogP contribution in [0.25, 0.3) is 6.08 Å². The highest BCUT2D eigenvalue weighted by molar-refractivity contribution is 6.01. The van der Waals surface area contributed by atoms with Crippen LogP contribution in [0.4, 0.5) is 0 Å². The molecule has 0 bridgehead atoms. The van der Waals surface area contributed by atoms with E-state index in [2.05, 4.69) is 29.1 Å². The molecule has 0 radical (unpaired) electrons. The number of benzene rings is 1. The summed E-state index contributed by atoms with van der Waals surface area (Å²) in [5, 5.41) is 12.3. The molecule has 1 N–H and O–H groups in total. The van der Waals surface area contributed by atoms with Crippen molar-refractivity contribution in [2.45, 2.75) is 39.2 Å². The smallest absolute Gasteiger partial charge is 0.262 e. The van der Waals surface area contributed by atoms with E-state index in [0.717, 1.165) is 30.6 Å². The molecule has 0 saturated carbocycles. The number of nitrogens with one attached hydrogen (secondary N) is 1. The molecule has 1 unspecified atom stereocenters. The summed E-state index contributed by atoms with van der Waals surface area (Å²) in [6, 6.07) is 9.47. The number of hydrogen-bond acceptors (Lipinski definition) is 5. The molecule has 0 fully saturated rings. The predicted molar refractivity (Wildman–Crippen MR) is 104 cm³/mol. The minimum atomic E-state index is -0.423. The highest BCUT2D eigenvalue weighted by atomic mass is 16.5. The first-order chi connectivity index (χ1) is 13.2. The second kappa shape index (κ2) is 10.7. The van der Waals surface area contributed by atoms with E-state index in [4.69, 9.17) is 4.74 Å². The molecule has 0 aliphatic carbocycles. The van der Waals surface area contributed by atoms with Crippen molar-refractivity contribution in [3.05, 3.63) is 59.7 Å². The molecule has 140 valence electrons. The Balaban J connectivity index is 2.13. The molecule has 1 amide bonds. The number of hydrogen-bond donors (Lipinski definition) is 1. The molecule has 0 aliphatic rings. The topological polar surface area (TPSA) is 87.9 Å². The van der Waals surface area contributed by atoms with Crippen LogP contribution < -0.4 is 10.1 Å². The second-order valence-electron chi connectivity index (χ2n) is 6.03. The SMILES string of the molecule is CCCOc1ccc(C(CCC)NC(=O)/C(C#N)=C/c2cnccn2)cc1. The fraction of sp³-hybridized carbons (Fsp3) is 0.333. The first-order valence-electron chi connectivity index (χ1n) is 9.09. The van der Waals surface area contributed by atoms with E-state index in [1.54, 1.807) is 0 Å². The quantitative estimate of drug-likeness (QED) is 0.540. The fourth-order valence-corrected chi connectivity index (χ4v) is 2.54. The van der Waals surface area contributed by atoms with E-state index in [0.29, 0.717) is 12.3 Å². The van der Waals surface area contributed by atoms with Gasteiger partial charge in [-0.3, -0.25) is 14.8 Å². The number of nitrogens with zero attached hydrogens (tertiary/aromatic N) is 3. The van der Waals surface area contributed by atoms with Crippen molar-refractivity contribution in [3.63, 3.8) is 0 Å². The summed E-state index contributed by atoms with van der Waals surface area (Å²) in [7, 11) is 0. The maximum atomic E-state index is 12.6. The van der Waals surface area contributed by atoms with Crippen molar-refractivity contribution in [2.24, 2.45) is 0 Å². The molecule has 1 atom stereocenters. The van der Waals surface area contributed by atoms with Crippen molar-refractivity contribution in [1.29, 1.82) is 5.26 Å². The summed E-state index contributed by atoms with van der Waals surface area (Å²) >= 11 is 0. The van der Waals surface area contributed by atoms with Gasteiger partial charge in [0.2, 0.25) is 0 Å². The molecule has 0 aliphatic heterocycles. The van der Waals surface area contributed by atoms with Crippen molar-refractivity contribution in [2.75, 3.05) is 6.61 Å². The first kappa shape index (κ1) is 20.1. The Morgan fingerprint density at radius 2 is 2.04 bits per heavy atom. The van der Waals surface area contributed by atoms with Gasteiger partial charge in [-0.2, -0.15) is 5.26 Å². The van der Waals surface area contributed by atoms with Gasteiger partial charge in [0.25, 0.3) is 5.91 Å². The van der Waals surface area contributed by atoms with Gasteiger partial charge < -0.3 is 10.1 Å². The van der Waals surface area contributed by atoms with Crippen LogP contribution in [0.1, 0.15) is 50.4 Å². The molecule has 1 heterocycles. The number of rotatable bonds is 9. The second-order valence-corrected chi connectivity index (χ2v) is 6.03. The van der Waals surface area contributed by atoms with Gasteiger partial charge in [0.15, 0.2) is 0 Å². The van der Waals surface area contributed by atoms with E-state index < -0.39 is 5.91 Å². The van der Waals surface area contributed by atoms with Crippen LogP contribution in [0.15, 0.2) is 48.4 Å². The molecular weight excluding hydrogens is 340 g/mol. The van der Waals surface area contributed by atoms with E-state index in [1.807, 2.05) is 30.3 Å². The third kappa shape index (κ3) is 6.23. The lowest BCUT2D eigenvalue weighted by atomic mass is 10.0. The van der Waals surface area contributed by atoms with Crippen LogP contribution in [-0.4, -0.2) is 22.5 Å². The van der Waals surface area contributed by atoms with E-state index in [-0.39, 0.29) is 11.6 Å². The molecule has 6 nitrogen and oxygen atoms in total. The predicted octanol–water partition coefficient (Wildman–Crippen LogP) is 3.83. The summed E-state index contributed by atoms with van der Waals surface area (Å²) in [6.45, 7) is 4.79. The van der Waals surface area contributed by atoms with Gasteiger partial charge in [0, 0.05) is 12.4 Å². The van der Waals surface area contributed by atoms with E-state index >= 15 is 0 Å². The Kier molecular flexibility index (Phi) is 7.98. The lowest BCUT2D eigenvalue weighted by molar-refractivity contribution is -0.117. The molecular formula is C21H24N4O2. The van der Waals surface area contributed by atoms with Gasteiger partial charge in [-0.1, -0.05) is 32.4 Å². The van der Waals surface area contributed by atoms with Gasteiger partial charge in [-0.25, -0.2) is 0 Å². The number of carbonyl (C=O) groups is 1. The number of amides is 1. The third-order valence-corrected chi connectivity index (χ3v) is 3.88. The Bertz CT molecular complexity index is 795. The van der Waals surface area contributed by atoms with Gasteiger partial charge >= 0.3 is 0 Å². The van der Waals surface area contributed by atoms with Crippen LogP contribution >= 0.6 is 0 Å². The average Bonchev–Trinajstić information content (AvgIpc) is 2.71. The highest BCUT2D eigenvalue weighted by Gasteiger charge is 2.17. The molecule has 0 spiro atoms. The summed E-state index contributed by atoms with van der Waals surface area (Å²) in [5.41, 5.74) is 1.44. The summed E-state index contributed by atoms with van der Waals surface area (Å²) < 4.78 is 5.60. The van der Waals surface area contributed by atoms with Gasteiger partial charge in [-0.05, 0) is 36.6 Å². The zero-order valence-electron chi connectivity index (χ0n) is 15.7. The lowest BCUT2D eigenvalue weighted by Gasteiger charge is -2.19. The van der Waals surface area contributed by atoms with Crippen molar-refractivity contribution >= 4 is 12.0 Å². The molecule has 2 aromatic rings. The lowest BCUT2D eigenvalue weighted by Crippen LogP contribution is -2.29. The Hall–Kier alpha value is -3.20. The first-order valence-corrected chi connectivity index (χ1v) is 9.09. The molecule has 1 aromatic heterocycles. The molecule has 6 heteroatoms. The van der Waals surface area contributed by atoms with Crippen molar-refractivity contribution in [3.8, 4) is 11.8 Å². The zero-order chi connectivity index (χ0) is 19.5. The average molecular weight is 364 g/mol. The third-order valence-electron chi connectivity index (χ3n) is 3.88. The Morgan fingerprint density at radius 3 is 2.63 bits per heavy atom. The number of nitriles is 1. The van der Waals surface area contributed by atoms with Crippen LogP contribution in [0.5, 0.6) is 5.75 Å². The molecule has 27 heavy (non-hydrogen) atoms. The van der Waals surface area contributed by atoms with Crippen LogP contribution in [-0.2, 0) is 4.79 Å². The van der Waals surface area contributed by atoms with E-state index in [1.165, 1.54) is 24.7 Å². The van der Waals surface area contributed by atoms with Crippen LogP contribution in [0.2, 0.25) is 0 Å². The molecule has 2 rings (SSSR count). The number of aromatic nitrogens is 2. The Morgan fingerprint density at radius 1 is 1.26 bits per heavy atom. The maximum Gasteiger partial charge on any atom is 0.262 e. The van der Waals surface area contributed by atoms with Crippen molar-refractivity contribution < 1.29 is 9.53 Å². The normalized spacial score (nSPS) is 12.1. The fourth-order valence-electron chi connectivity index (χ4n) is 2.54. The largest absolute Gasteiger partial charge is 0.494 e. The summed E-state index contributed by atoms with van der Waals surface area (Å²) in [4.78, 5) is 20.6. The van der Waals surface area contributed by atoms with Crippen LogP contribution in [0.3, 0.4) is 0 Å². The monoisotopic (exact) mass is 364 g/mol. The van der Waals surface area contributed by atoms with Gasteiger partial charge in [0.05, 0.1) is 24.5 Å². The van der Waals surface area contributed by atoms with Crippen molar-refractivity contribution in [1.82, 2.24) is 15.3 Å².